The number of benzene rings is 1. The van der Waals surface area contributed by atoms with Crippen LogP contribution in [0.4, 0.5) is 0 Å². The summed E-state index contributed by atoms with van der Waals surface area (Å²) in [4.78, 5) is 14.5. The average Bonchev–Trinajstić information content (AvgIpc) is 3.07. The normalized spacial score (nSPS) is 18.2. The Kier molecular flexibility index (Phi) is 5.13. The van der Waals surface area contributed by atoms with Gasteiger partial charge in [0, 0.05) is 18.8 Å². The average molecular weight is 368 g/mol. The molecule has 1 aliphatic rings. The van der Waals surface area contributed by atoms with E-state index >= 15 is 0 Å². The summed E-state index contributed by atoms with van der Waals surface area (Å²) in [5.74, 6) is -0.0322. The number of amides is 1. The minimum atomic E-state index is -0.211. The van der Waals surface area contributed by atoms with Gasteiger partial charge in [0.1, 0.15) is 6.10 Å². The molecular formula is C17H19Cl2N3O2. The Morgan fingerprint density at radius 2 is 2.12 bits per heavy atom. The highest BCUT2D eigenvalue weighted by Gasteiger charge is 2.27. The summed E-state index contributed by atoms with van der Waals surface area (Å²) in [6, 6.07) is 5.64. The van der Waals surface area contributed by atoms with Crippen molar-refractivity contribution in [3.63, 3.8) is 0 Å². The Labute approximate surface area is 151 Å². The third-order valence-corrected chi connectivity index (χ3v) is 4.79. The van der Waals surface area contributed by atoms with Crippen LogP contribution in [0.5, 0.6) is 0 Å². The lowest BCUT2D eigenvalue weighted by Crippen LogP contribution is -2.42. The summed E-state index contributed by atoms with van der Waals surface area (Å²) in [6.45, 7) is 5.56. The summed E-state index contributed by atoms with van der Waals surface area (Å²) >= 11 is 12.0. The van der Waals surface area contributed by atoms with Crippen molar-refractivity contribution < 1.29 is 9.53 Å². The summed E-state index contributed by atoms with van der Waals surface area (Å²) < 4.78 is 7.58. The first-order valence-electron chi connectivity index (χ1n) is 7.85. The largest absolute Gasteiger partial charge is 0.370 e. The standard InChI is InChI=1S/C17H19Cl2N3O2/c1-11(2)22-9-13(8-20-22)17(23)21-5-6-24-16(10-21)12-3-4-14(18)15(19)7-12/h3-4,7-9,11,16H,5-6,10H2,1-2H3. The van der Waals surface area contributed by atoms with Gasteiger partial charge in [-0.3, -0.25) is 9.48 Å². The van der Waals surface area contributed by atoms with Gasteiger partial charge < -0.3 is 9.64 Å². The first-order valence-corrected chi connectivity index (χ1v) is 8.61. The first kappa shape index (κ1) is 17.3. The molecule has 1 unspecified atom stereocenters. The number of hydrogen-bond acceptors (Lipinski definition) is 3. The number of carbonyl (C=O) groups is 1. The van der Waals surface area contributed by atoms with Gasteiger partial charge in [-0.15, -0.1) is 0 Å². The fourth-order valence-electron chi connectivity index (χ4n) is 2.66. The van der Waals surface area contributed by atoms with Gasteiger partial charge in [-0.25, -0.2) is 0 Å². The highest BCUT2D eigenvalue weighted by Crippen LogP contribution is 2.29. The van der Waals surface area contributed by atoms with E-state index in [1.165, 1.54) is 0 Å². The van der Waals surface area contributed by atoms with Crippen LogP contribution >= 0.6 is 23.2 Å². The third-order valence-electron chi connectivity index (χ3n) is 4.05. The minimum Gasteiger partial charge on any atom is -0.370 e. The van der Waals surface area contributed by atoms with E-state index in [0.717, 1.165) is 5.56 Å². The van der Waals surface area contributed by atoms with E-state index in [0.29, 0.717) is 35.3 Å². The Bertz CT molecular complexity index is 745. The minimum absolute atomic E-state index is 0.0322. The van der Waals surface area contributed by atoms with Crippen molar-refractivity contribution in [2.75, 3.05) is 19.7 Å². The molecule has 2 heterocycles. The molecule has 5 nitrogen and oxygen atoms in total. The molecule has 0 radical (unpaired) electrons. The van der Waals surface area contributed by atoms with Gasteiger partial charge in [0.2, 0.25) is 0 Å². The van der Waals surface area contributed by atoms with E-state index in [4.69, 9.17) is 27.9 Å². The van der Waals surface area contributed by atoms with Crippen molar-refractivity contribution in [1.82, 2.24) is 14.7 Å². The lowest BCUT2D eigenvalue weighted by molar-refractivity contribution is -0.0228. The van der Waals surface area contributed by atoms with Crippen LogP contribution in [0.15, 0.2) is 30.6 Å². The Morgan fingerprint density at radius 3 is 2.79 bits per heavy atom. The maximum Gasteiger partial charge on any atom is 0.257 e. The fraction of sp³-hybridized carbons (Fsp3) is 0.412. The molecule has 0 N–H and O–H groups in total. The van der Waals surface area contributed by atoms with Crippen LogP contribution in [0, 0.1) is 0 Å². The molecule has 1 aromatic carbocycles. The Morgan fingerprint density at radius 1 is 1.33 bits per heavy atom. The van der Waals surface area contributed by atoms with Gasteiger partial charge in [0.15, 0.2) is 0 Å². The molecule has 0 bridgehead atoms. The molecule has 2 aromatic rings. The number of nitrogens with zero attached hydrogens (tertiary/aromatic N) is 3. The topological polar surface area (TPSA) is 47.4 Å². The number of morpholine rings is 1. The molecule has 7 heteroatoms. The summed E-state index contributed by atoms with van der Waals surface area (Å²) in [5.41, 5.74) is 1.51. The highest BCUT2D eigenvalue weighted by atomic mass is 35.5. The smallest absolute Gasteiger partial charge is 0.257 e. The number of carbonyl (C=O) groups excluding carboxylic acids is 1. The van der Waals surface area contributed by atoms with Gasteiger partial charge >= 0.3 is 0 Å². The zero-order valence-corrected chi connectivity index (χ0v) is 15.1. The summed E-state index contributed by atoms with van der Waals surface area (Å²) in [7, 11) is 0. The molecule has 1 saturated heterocycles. The van der Waals surface area contributed by atoms with Crippen LogP contribution in [0.1, 0.15) is 41.9 Å². The second-order valence-corrected chi connectivity index (χ2v) is 6.90. The SMILES string of the molecule is CC(C)n1cc(C(=O)N2CCOC(c3ccc(Cl)c(Cl)c3)C2)cn1. The molecule has 1 fully saturated rings. The monoisotopic (exact) mass is 367 g/mol. The lowest BCUT2D eigenvalue weighted by Gasteiger charge is -2.33. The predicted octanol–water partition coefficient (Wildman–Crippen LogP) is 3.98. The molecule has 1 atom stereocenters. The molecule has 24 heavy (non-hydrogen) atoms. The van der Waals surface area contributed by atoms with Gasteiger partial charge in [-0.2, -0.15) is 5.10 Å². The molecular weight excluding hydrogens is 349 g/mol. The highest BCUT2D eigenvalue weighted by molar-refractivity contribution is 6.42. The molecule has 1 aromatic heterocycles. The lowest BCUT2D eigenvalue weighted by atomic mass is 10.1. The van der Waals surface area contributed by atoms with Crippen molar-refractivity contribution in [3.05, 3.63) is 51.8 Å². The molecule has 0 aliphatic carbocycles. The summed E-state index contributed by atoms with van der Waals surface area (Å²) in [5, 5.41) is 5.23. The van der Waals surface area contributed by atoms with E-state index in [1.807, 2.05) is 19.9 Å². The molecule has 1 aliphatic heterocycles. The quantitative estimate of drug-likeness (QED) is 0.823. The van der Waals surface area contributed by atoms with Crippen LogP contribution in [0.25, 0.3) is 0 Å². The van der Waals surface area contributed by atoms with Gasteiger partial charge in [0.05, 0.1) is 35.0 Å². The fourth-order valence-corrected chi connectivity index (χ4v) is 2.97. The molecule has 128 valence electrons. The van der Waals surface area contributed by atoms with E-state index < -0.39 is 0 Å². The molecule has 0 spiro atoms. The van der Waals surface area contributed by atoms with Crippen LogP contribution in [0.2, 0.25) is 10.0 Å². The van der Waals surface area contributed by atoms with Gasteiger partial charge in [0.25, 0.3) is 5.91 Å². The Hall–Kier alpha value is -1.56. The van der Waals surface area contributed by atoms with E-state index in [-0.39, 0.29) is 18.1 Å². The molecule has 3 rings (SSSR count). The van der Waals surface area contributed by atoms with E-state index in [1.54, 1.807) is 34.1 Å². The number of rotatable bonds is 3. The van der Waals surface area contributed by atoms with Crippen molar-refractivity contribution in [1.29, 1.82) is 0 Å². The van der Waals surface area contributed by atoms with Crippen LogP contribution in [-0.4, -0.2) is 40.3 Å². The third kappa shape index (κ3) is 3.58. The van der Waals surface area contributed by atoms with Crippen molar-refractivity contribution in [3.8, 4) is 0 Å². The van der Waals surface area contributed by atoms with Crippen molar-refractivity contribution >= 4 is 29.1 Å². The second kappa shape index (κ2) is 7.13. The van der Waals surface area contributed by atoms with E-state index in [9.17, 15) is 4.79 Å². The maximum absolute atomic E-state index is 12.7. The second-order valence-electron chi connectivity index (χ2n) is 6.09. The molecule has 1 amide bonds. The maximum atomic E-state index is 12.7. The van der Waals surface area contributed by atoms with Gasteiger partial charge in [-0.05, 0) is 31.5 Å². The number of aromatic nitrogens is 2. The van der Waals surface area contributed by atoms with Crippen molar-refractivity contribution in [2.45, 2.75) is 26.0 Å². The zero-order chi connectivity index (χ0) is 17.3. The van der Waals surface area contributed by atoms with Crippen LogP contribution in [-0.2, 0) is 4.74 Å². The molecule has 0 saturated carbocycles. The van der Waals surface area contributed by atoms with E-state index in [2.05, 4.69) is 5.10 Å². The van der Waals surface area contributed by atoms with Crippen LogP contribution < -0.4 is 0 Å². The zero-order valence-electron chi connectivity index (χ0n) is 13.6. The van der Waals surface area contributed by atoms with Gasteiger partial charge in [-0.1, -0.05) is 29.3 Å². The van der Waals surface area contributed by atoms with Crippen LogP contribution in [0.3, 0.4) is 0 Å². The Balaban J connectivity index is 1.74. The number of ether oxygens (including phenoxy) is 1. The van der Waals surface area contributed by atoms with Crippen molar-refractivity contribution in [2.24, 2.45) is 0 Å². The first-order chi connectivity index (χ1) is 11.5. The number of hydrogen-bond donors (Lipinski definition) is 0. The summed E-state index contributed by atoms with van der Waals surface area (Å²) in [6.07, 6.45) is 3.19. The number of halogens is 2. The predicted molar refractivity (Wildman–Crippen MR) is 93.7 cm³/mol.